The summed E-state index contributed by atoms with van der Waals surface area (Å²) in [5, 5.41) is 3.54. The van der Waals surface area contributed by atoms with Gasteiger partial charge in [0.25, 0.3) is 5.91 Å². The molecule has 2 atom stereocenters. The van der Waals surface area contributed by atoms with E-state index >= 15 is 0 Å². The maximum atomic E-state index is 11.4. The Morgan fingerprint density at radius 1 is 1.30 bits per heavy atom. The summed E-state index contributed by atoms with van der Waals surface area (Å²) >= 11 is 0. The molecule has 5 N–H and O–H groups in total. The summed E-state index contributed by atoms with van der Waals surface area (Å²) in [4.78, 5) is 11.4. The Morgan fingerprint density at radius 2 is 2.00 bits per heavy atom. The minimum Gasteiger partial charge on any atom is -0.396 e. The Labute approximate surface area is 120 Å². The van der Waals surface area contributed by atoms with Crippen LogP contribution in [0.2, 0.25) is 0 Å². The van der Waals surface area contributed by atoms with Gasteiger partial charge in [0.1, 0.15) is 0 Å². The van der Waals surface area contributed by atoms with Gasteiger partial charge in [0.15, 0.2) is 0 Å². The fraction of sp³-hybridized carbons (Fsp3) is 0.562. The van der Waals surface area contributed by atoms with Gasteiger partial charge in [-0.1, -0.05) is 32.8 Å². The third kappa shape index (κ3) is 3.06. The van der Waals surface area contributed by atoms with Crippen LogP contribution in [0, 0.1) is 11.8 Å². The molecule has 0 bridgehead atoms. The molecule has 0 spiro atoms. The van der Waals surface area contributed by atoms with E-state index in [1.165, 1.54) is 19.3 Å². The number of carbonyl (C=O) groups is 1. The number of benzene rings is 1. The fourth-order valence-electron chi connectivity index (χ4n) is 3.24. The van der Waals surface area contributed by atoms with E-state index in [0.717, 1.165) is 12.1 Å². The molecule has 1 aliphatic carbocycles. The number of amides is 1. The van der Waals surface area contributed by atoms with Crippen LogP contribution >= 0.6 is 0 Å². The summed E-state index contributed by atoms with van der Waals surface area (Å²) in [5.74, 6) is 0.823. The predicted octanol–water partition coefficient (Wildman–Crippen LogP) is 2.99. The SMILES string of the molecule is CC(C)C1CCCCC1Nc1cccc(C(N)=O)c1N. The van der Waals surface area contributed by atoms with Crippen LogP contribution in [0.1, 0.15) is 49.9 Å². The van der Waals surface area contributed by atoms with Gasteiger partial charge in [-0.05, 0) is 36.8 Å². The maximum absolute atomic E-state index is 11.4. The Hall–Kier alpha value is -1.71. The third-order valence-electron chi connectivity index (χ3n) is 4.39. The van der Waals surface area contributed by atoms with Gasteiger partial charge in [0.2, 0.25) is 0 Å². The summed E-state index contributed by atoms with van der Waals surface area (Å²) in [6.45, 7) is 4.54. The molecule has 0 saturated heterocycles. The molecule has 1 aromatic rings. The average Bonchev–Trinajstić information content (AvgIpc) is 2.41. The monoisotopic (exact) mass is 275 g/mol. The third-order valence-corrected chi connectivity index (χ3v) is 4.39. The molecule has 20 heavy (non-hydrogen) atoms. The van der Waals surface area contributed by atoms with Gasteiger partial charge in [0.05, 0.1) is 16.9 Å². The normalized spacial score (nSPS) is 22.8. The molecule has 0 aromatic heterocycles. The highest BCUT2D eigenvalue weighted by Gasteiger charge is 2.28. The number of para-hydroxylation sites is 1. The first-order chi connectivity index (χ1) is 9.50. The van der Waals surface area contributed by atoms with Crippen LogP contribution in [-0.2, 0) is 0 Å². The summed E-state index contributed by atoms with van der Waals surface area (Å²) < 4.78 is 0. The topological polar surface area (TPSA) is 81.1 Å². The van der Waals surface area contributed by atoms with Crippen molar-refractivity contribution in [1.82, 2.24) is 0 Å². The van der Waals surface area contributed by atoms with Crippen molar-refractivity contribution in [1.29, 1.82) is 0 Å². The molecule has 2 rings (SSSR count). The molecule has 110 valence electrons. The van der Waals surface area contributed by atoms with Crippen molar-refractivity contribution in [3.8, 4) is 0 Å². The molecular weight excluding hydrogens is 250 g/mol. The summed E-state index contributed by atoms with van der Waals surface area (Å²) in [7, 11) is 0. The van der Waals surface area contributed by atoms with Crippen molar-refractivity contribution in [2.45, 2.75) is 45.6 Å². The molecule has 0 aliphatic heterocycles. The largest absolute Gasteiger partial charge is 0.396 e. The lowest BCUT2D eigenvalue weighted by atomic mass is 9.77. The molecule has 1 aromatic carbocycles. The van der Waals surface area contributed by atoms with Crippen molar-refractivity contribution in [2.75, 3.05) is 11.1 Å². The zero-order chi connectivity index (χ0) is 14.7. The first-order valence-electron chi connectivity index (χ1n) is 7.45. The van der Waals surface area contributed by atoms with E-state index in [1.807, 2.05) is 12.1 Å². The highest BCUT2D eigenvalue weighted by Crippen LogP contribution is 2.34. The van der Waals surface area contributed by atoms with Crippen molar-refractivity contribution in [2.24, 2.45) is 17.6 Å². The second kappa shape index (κ2) is 6.16. The van der Waals surface area contributed by atoms with Crippen LogP contribution in [0.5, 0.6) is 0 Å². The zero-order valence-electron chi connectivity index (χ0n) is 12.4. The quantitative estimate of drug-likeness (QED) is 0.739. The number of carbonyl (C=O) groups excluding carboxylic acids is 1. The molecule has 1 fully saturated rings. The Kier molecular flexibility index (Phi) is 4.53. The van der Waals surface area contributed by atoms with E-state index in [2.05, 4.69) is 19.2 Å². The number of nitrogen functional groups attached to an aromatic ring is 1. The van der Waals surface area contributed by atoms with E-state index in [-0.39, 0.29) is 0 Å². The fourth-order valence-corrected chi connectivity index (χ4v) is 3.24. The van der Waals surface area contributed by atoms with Gasteiger partial charge >= 0.3 is 0 Å². The number of primary amides is 1. The van der Waals surface area contributed by atoms with Crippen LogP contribution in [0.3, 0.4) is 0 Å². The zero-order valence-corrected chi connectivity index (χ0v) is 12.4. The lowest BCUT2D eigenvalue weighted by molar-refractivity contribution is 0.100. The van der Waals surface area contributed by atoms with E-state index in [1.54, 1.807) is 6.07 Å². The summed E-state index contributed by atoms with van der Waals surface area (Å²) in [5.41, 5.74) is 13.1. The first-order valence-corrected chi connectivity index (χ1v) is 7.45. The summed E-state index contributed by atoms with van der Waals surface area (Å²) in [6, 6.07) is 5.85. The minimum absolute atomic E-state index is 0.395. The van der Waals surface area contributed by atoms with E-state index < -0.39 is 5.91 Å². The second-order valence-electron chi connectivity index (χ2n) is 6.07. The van der Waals surface area contributed by atoms with E-state index in [4.69, 9.17) is 11.5 Å². The van der Waals surface area contributed by atoms with Crippen LogP contribution in [0.4, 0.5) is 11.4 Å². The number of nitrogens with two attached hydrogens (primary N) is 2. The Bertz CT molecular complexity index is 485. The molecule has 1 amide bonds. The van der Waals surface area contributed by atoms with Gasteiger partial charge in [-0.3, -0.25) is 4.79 Å². The number of anilines is 2. The van der Waals surface area contributed by atoms with Gasteiger partial charge in [-0.15, -0.1) is 0 Å². The van der Waals surface area contributed by atoms with Gasteiger partial charge < -0.3 is 16.8 Å². The molecule has 1 saturated carbocycles. The average molecular weight is 275 g/mol. The van der Waals surface area contributed by atoms with E-state index in [0.29, 0.717) is 29.1 Å². The van der Waals surface area contributed by atoms with Crippen LogP contribution in [-0.4, -0.2) is 11.9 Å². The predicted molar refractivity (Wildman–Crippen MR) is 83.6 cm³/mol. The lowest BCUT2D eigenvalue weighted by Gasteiger charge is -2.36. The molecule has 0 heterocycles. The number of hydrogen-bond acceptors (Lipinski definition) is 3. The van der Waals surface area contributed by atoms with Crippen molar-refractivity contribution >= 4 is 17.3 Å². The molecule has 4 heteroatoms. The maximum Gasteiger partial charge on any atom is 0.250 e. The smallest absolute Gasteiger partial charge is 0.250 e. The van der Waals surface area contributed by atoms with Crippen molar-refractivity contribution in [3.05, 3.63) is 23.8 Å². The highest BCUT2D eigenvalue weighted by molar-refractivity contribution is 6.00. The standard InChI is InChI=1S/C16H25N3O/c1-10(2)11-6-3-4-8-13(11)19-14-9-5-7-12(15(14)17)16(18)20/h5,7,9-11,13,19H,3-4,6,8,17H2,1-2H3,(H2,18,20). The van der Waals surface area contributed by atoms with Gasteiger partial charge in [-0.2, -0.15) is 0 Å². The molecular formula is C16H25N3O. The van der Waals surface area contributed by atoms with E-state index in [9.17, 15) is 4.79 Å². The molecule has 4 nitrogen and oxygen atoms in total. The van der Waals surface area contributed by atoms with Crippen LogP contribution < -0.4 is 16.8 Å². The van der Waals surface area contributed by atoms with Crippen LogP contribution in [0.15, 0.2) is 18.2 Å². The first kappa shape index (κ1) is 14.7. The molecule has 2 unspecified atom stereocenters. The Balaban J connectivity index is 2.20. The van der Waals surface area contributed by atoms with Crippen LogP contribution in [0.25, 0.3) is 0 Å². The van der Waals surface area contributed by atoms with Crippen molar-refractivity contribution < 1.29 is 4.79 Å². The van der Waals surface area contributed by atoms with Gasteiger partial charge in [0, 0.05) is 6.04 Å². The molecule has 0 radical (unpaired) electrons. The number of nitrogens with one attached hydrogen (secondary N) is 1. The number of hydrogen-bond donors (Lipinski definition) is 3. The second-order valence-corrected chi connectivity index (χ2v) is 6.07. The highest BCUT2D eigenvalue weighted by atomic mass is 16.1. The summed E-state index contributed by atoms with van der Waals surface area (Å²) in [6.07, 6.45) is 4.96. The Morgan fingerprint density at radius 3 is 2.65 bits per heavy atom. The van der Waals surface area contributed by atoms with Crippen molar-refractivity contribution in [3.63, 3.8) is 0 Å². The van der Waals surface area contributed by atoms with Gasteiger partial charge in [-0.25, -0.2) is 0 Å². The number of rotatable bonds is 4. The lowest BCUT2D eigenvalue weighted by Crippen LogP contribution is -2.35. The minimum atomic E-state index is -0.477. The molecule has 1 aliphatic rings.